The second-order valence-corrected chi connectivity index (χ2v) is 7.76. The van der Waals surface area contributed by atoms with E-state index < -0.39 is 10.0 Å². The number of nitrogens with one attached hydrogen (secondary N) is 1. The van der Waals surface area contributed by atoms with Crippen LogP contribution in [0, 0.1) is 13.8 Å². The van der Waals surface area contributed by atoms with Gasteiger partial charge in [-0.05, 0) is 55.7 Å². The highest BCUT2D eigenvalue weighted by Crippen LogP contribution is 2.29. The Hall–Kier alpha value is -2.05. The van der Waals surface area contributed by atoms with Gasteiger partial charge in [0.2, 0.25) is 10.0 Å². The van der Waals surface area contributed by atoms with E-state index in [-0.39, 0.29) is 6.04 Å². The van der Waals surface area contributed by atoms with Gasteiger partial charge in [-0.3, -0.25) is 0 Å². The van der Waals surface area contributed by atoms with Gasteiger partial charge in [-0.1, -0.05) is 17.7 Å². The summed E-state index contributed by atoms with van der Waals surface area (Å²) in [4.78, 5) is 0.310. The van der Waals surface area contributed by atoms with Crippen LogP contribution < -0.4 is 14.2 Å². The molecule has 0 amide bonds. The van der Waals surface area contributed by atoms with Gasteiger partial charge in [0, 0.05) is 0 Å². The quantitative estimate of drug-likeness (QED) is 0.923. The number of benzene rings is 2. The molecule has 2 aromatic carbocycles. The predicted molar refractivity (Wildman–Crippen MR) is 92.2 cm³/mol. The summed E-state index contributed by atoms with van der Waals surface area (Å²) in [6.07, 6.45) is 0.566. The van der Waals surface area contributed by atoms with Crippen LogP contribution in [0.25, 0.3) is 0 Å². The Morgan fingerprint density at radius 1 is 1.17 bits per heavy atom. The first-order valence-electron chi connectivity index (χ1n) is 7.78. The Kier molecular flexibility index (Phi) is 4.51. The van der Waals surface area contributed by atoms with E-state index >= 15 is 0 Å². The van der Waals surface area contributed by atoms with Crippen molar-refractivity contribution in [2.45, 2.75) is 31.2 Å². The fourth-order valence-electron chi connectivity index (χ4n) is 2.96. The molecule has 0 spiro atoms. The van der Waals surface area contributed by atoms with Crippen LogP contribution in [0.4, 0.5) is 0 Å². The lowest BCUT2D eigenvalue weighted by atomic mass is 10.0. The van der Waals surface area contributed by atoms with Gasteiger partial charge in [0.15, 0.2) is 0 Å². The fraction of sp³-hybridized carbons (Fsp3) is 0.333. The average Bonchev–Trinajstić information content (AvgIpc) is 2.53. The monoisotopic (exact) mass is 347 g/mol. The molecule has 1 aliphatic heterocycles. The summed E-state index contributed by atoms with van der Waals surface area (Å²) in [6.45, 7) is 4.05. The molecule has 0 saturated heterocycles. The minimum atomic E-state index is -3.59. The normalized spacial score (nSPS) is 17.0. The lowest BCUT2D eigenvalue weighted by molar-refractivity contribution is 0.253. The molecule has 1 heterocycles. The fourth-order valence-corrected chi connectivity index (χ4v) is 4.40. The maximum Gasteiger partial charge on any atom is 0.241 e. The second kappa shape index (κ2) is 6.45. The standard InChI is InChI=1S/C18H21NO4S/c1-12-4-7-18(13(2)8-12)24(20,21)19-15-9-14-10-16(22-3)5-6-17(14)23-11-15/h4-8,10,15,19H,9,11H2,1-3H3/t15-/m1/s1. The molecule has 0 aliphatic carbocycles. The number of rotatable bonds is 4. The Balaban J connectivity index is 1.81. The summed E-state index contributed by atoms with van der Waals surface area (Å²) in [6, 6.07) is 10.6. The third-order valence-electron chi connectivity index (χ3n) is 4.12. The number of sulfonamides is 1. The first-order chi connectivity index (χ1) is 11.4. The molecule has 1 N–H and O–H groups in total. The minimum absolute atomic E-state index is 0.309. The van der Waals surface area contributed by atoms with Gasteiger partial charge in [-0.25, -0.2) is 13.1 Å². The van der Waals surface area contributed by atoms with E-state index in [0.717, 1.165) is 28.2 Å². The van der Waals surface area contributed by atoms with Crippen LogP contribution in [-0.2, 0) is 16.4 Å². The first kappa shape index (κ1) is 16.8. The van der Waals surface area contributed by atoms with E-state index in [2.05, 4.69) is 4.72 Å². The molecule has 0 unspecified atom stereocenters. The Morgan fingerprint density at radius 3 is 2.67 bits per heavy atom. The summed E-state index contributed by atoms with van der Waals surface area (Å²) in [5, 5.41) is 0. The first-order valence-corrected chi connectivity index (χ1v) is 9.26. The van der Waals surface area contributed by atoms with E-state index in [1.165, 1.54) is 0 Å². The van der Waals surface area contributed by atoms with E-state index in [1.54, 1.807) is 26.2 Å². The highest BCUT2D eigenvalue weighted by atomic mass is 32.2. The average molecular weight is 347 g/mol. The van der Waals surface area contributed by atoms with Crippen molar-refractivity contribution in [3.8, 4) is 11.5 Å². The molecule has 24 heavy (non-hydrogen) atoms. The van der Waals surface area contributed by atoms with Crippen molar-refractivity contribution in [2.75, 3.05) is 13.7 Å². The zero-order chi connectivity index (χ0) is 17.3. The van der Waals surface area contributed by atoms with Crippen LogP contribution in [0.2, 0.25) is 0 Å². The lowest BCUT2D eigenvalue weighted by Crippen LogP contribution is -2.42. The van der Waals surface area contributed by atoms with E-state index in [4.69, 9.17) is 9.47 Å². The van der Waals surface area contributed by atoms with Gasteiger partial charge in [0.1, 0.15) is 18.1 Å². The summed E-state index contributed by atoms with van der Waals surface area (Å²) < 4.78 is 39.0. The predicted octanol–water partition coefficient (Wildman–Crippen LogP) is 2.59. The SMILES string of the molecule is COc1ccc2c(c1)C[C@@H](NS(=O)(=O)c1ccc(C)cc1C)CO2. The van der Waals surface area contributed by atoms with Crippen LogP contribution in [-0.4, -0.2) is 28.2 Å². The van der Waals surface area contributed by atoms with Crippen LogP contribution in [0.3, 0.4) is 0 Å². The molecule has 2 aromatic rings. The summed E-state index contributed by atoms with van der Waals surface area (Å²) in [5.74, 6) is 1.51. The zero-order valence-corrected chi connectivity index (χ0v) is 14.8. The van der Waals surface area contributed by atoms with Crippen molar-refractivity contribution in [3.05, 3.63) is 53.1 Å². The molecular formula is C18H21NO4S. The van der Waals surface area contributed by atoms with Crippen molar-refractivity contribution in [1.29, 1.82) is 0 Å². The molecule has 1 atom stereocenters. The Labute approximate surface area is 142 Å². The lowest BCUT2D eigenvalue weighted by Gasteiger charge is -2.26. The maximum atomic E-state index is 12.7. The van der Waals surface area contributed by atoms with Crippen molar-refractivity contribution in [2.24, 2.45) is 0 Å². The summed E-state index contributed by atoms with van der Waals surface area (Å²) in [7, 11) is -1.98. The van der Waals surface area contributed by atoms with E-state index in [0.29, 0.717) is 17.9 Å². The topological polar surface area (TPSA) is 64.6 Å². The molecule has 3 rings (SSSR count). The molecule has 0 aromatic heterocycles. The molecule has 0 radical (unpaired) electrons. The number of aryl methyl sites for hydroxylation is 2. The smallest absolute Gasteiger partial charge is 0.241 e. The van der Waals surface area contributed by atoms with Crippen molar-refractivity contribution in [1.82, 2.24) is 4.72 Å². The molecule has 1 aliphatic rings. The minimum Gasteiger partial charge on any atom is -0.497 e. The van der Waals surface area contributed by atoms with Gasteiger partial charge in [0.05, 0.1) is 18.0 Å². The van der Waals surface area contributed by atoms with Gasteiger partial charge in [-0.2, -0.15) is 0 Å². The van der Waals surface area contributed by atoms with Gasteiger partial charge in [0.25, 0.3) is 0 Å². The Morgan fingerprint density at radius 2 is 1.96 bits per heavy atom. The molecule has 0 saturated carbocycles. The van der Waals surface area contributed by atoms with Crippen LogP contribution >= 0.6 is 0 Å². The molecule has 0 fully saturated rings. The largest absolute Gasteiger partial charge is 0.497 e. The van der Waals surface area contributed by atoms with Crippen molar-refractivity contribution < 1.29 is 17.9 Å². The van der Waals surface area contributed by atoms with E-state index in [1.807, 2.05) is 31.2 Å². The third kappa shape index (κ3) is 3.39. The summed E-state index contributed by atoms with van der Waals surface area (Å²) in [5.41, 5.74) is 2.71. The number of ether oxygens (including phenoxy) is 2. The molecule has 6 heteroatoms. The number of hydrogen-bond donors (Lipinski definition) is 1. The third-order valence-corrected chi connectivity index (χ3v) is 5.80. The van der Waals surface area contributed by atoms with Crippen molar-refractivity contribution in [3.63, 3.8) is 0 Å². The Bertz CT molecular complexity index is 861. The van der Waals surface area contributed by atoms with Gasteiger partial charge >= 0.3 is 0 Å². The molecule has 128 valence electrons. The van der Waals surface area contributed by atoms with Crippen LogP contribution in [0.15, 0.2) is 41.3 Å². The van der Waals surface area contributed by atoms with Crippen LogP contribution in [0.1, 0.15) is 16.7 Å². The summed E-state index contributed by atoms with van der Waals surface area (Å²) >= 11 is 0. The number of fused-ring (bicyclic) bond motifs is 1. The molecule has 5 nitrogen and oxygen atoms in total. The van der Waals surface area contributed by atoms with Gasteiger partial charge < -0.3 is 9.47 Å². The zero-order valence-electron chi connectivity index (χ0n) is 14.0. The maximum absolute atomic E-state index is 12.7. The molecular weight excluding hydrogens is 326 g/mol. The highest BCUT2D eigenvalue weighted by Gasteiger charge is 2.26. The van der Waals surface area contributed by atoms with Crippen molar-refractivity contribution >= 4 is 10.0 Å². The number of hydrogen-bond acceptors (Lipinski definition) is 4. The highest BCUT2D eigenvalue weighted by molar-refractivity contribution is 7.89. The molecule has 0 bridgehead atoms. The second-order valence-electron chi connectivity index (χ2n) is 6.08. The van der Waals surface area contributed by atoms with Crippen LogP contribution in [0.5, 0.6) is 11.5 Å². The van der Waals surface area contributed by atoms with Gasteiger partial charge in [-0.15, -0.1) is 0 Å². The number of methoxy groups -OCH3 is 1. The van der Waals surface area contributed by atoms with E-state index in [9.17, 15) is 8.42 Å².